The summed E-state index contributed by atoms with van der Waals surface area (Å²) in [7, 11) is 0. The Morgan fingerprint density at radius 3 is 2.59 bits per heavy atom. The third kappa shape index (κ3) is 9.48. The molecular weight excluding hydrogens is 633 g/mol. The van der Waals surface area contributed by atoms with Gasteiger partial charge in [0.15, 0.2) is 0 Å². The average Bonchev–Trinajstić information content (AvgIpc) is 3.71. The van der Waals surface area contributed by atoms with Crippen molar-refractivity contribution in [2.24, 2.45) is 5.41 Å². The second-order valence-corrected chi connectivity index (χ2v) is 13.5. The van der Waals surface area contributed by atoms with Crippen LogP contribution >= 0.6 is 0 Å². The molecule has 8 nitrogen and oxygen atoms in total. The van der Waals surface area contributed by atoms with Gasteiger partial charge in [-0.15, -0.1) is 0 Å². The zero-order valence-corrected chi connectivity index (χ0v) is 28.2. The fraction of sp³-hybridized carbons (Fsp3) is 0.447. The van der Waals surface area contributed by atoms with Crippen LogP contribution in [-0.2, 0) is 38.4 Å². The Morgan fingerprint density at radius 2 is 1.84 bits per heavy atom. The van der Waals surface area contributed by atoms with Gasteiger partial charge in [0.1, 0.15) is 12.6 Å². The first-order valence-electron chi connectivity index (χ1n) is 17.0. The Labute approximate surface area is 285 Å². The number of aromatic nitrogens is 2. The fourth-order valence-corrected chi connectivity index (χ4v) is 6.81. The Bertz CT molecular complexity index is 1710. The van der Waals surface area contributed by atoms with Crippen LogP contribution in [0.5, 0.6) is 0 Å². The minimum atomic E-state index is -4.48. The number of fused-ring (bicyclic) bond motifs is 1. The topological polar surface area (TPSA) is 94.5 Å². The maximum atomic E-state index is 14.4. The highest BCUT2D eigenvalue weighted by Gasteiger charge is 2.35. The van der Waals surface area contributed by atoms with Crippen LogP contribution in [0.3, 0.4) is 0 Å². The number of amides is 1. The first-order valence-corrected chi connectivity index (χ1v) is 17.0. The normalized spacial score (nSPS) is 15.1. The molecule has 2 aromatic heterocycles. The summed E-state index contributed by atoms with van der Waals surface area (Å²) in [6.07, 6.45) is 4.47. The number of carbonyl (C=O) groups excluding carboxylic acids is 2. The summed E-state index contributed by atoms with van der Waals surface area (Å²) < 4.78 is 55.6. The zero-order valence-electron chi connectivity index (χ0n) is 28.2. The predicted molar refractivity (Wildman–Crippen MR) is 183 cm³/mol. The number of nitrogens with one attached hydrogen (secondary N) is 2. The van der Waals surface area contributed by atoms with E-state index in [1.807, 2.05) is 44.2 Å². The molecule has 0 aliphatic carbocycles. The van der Waals surface area contributed by atoms with Gasteiger partial charge in [-0.1, -0.05) is 57.0 Å². The van der Waals surface area contributed by atoms with E-state index in [1.54, 1.807) is 18.3 Å². The molecular formula is C38H45F3N4O4. The zero-order chi connectivity index (χ0) is 34.9. The van der Waals surface area contributed by atoms with Gasteiger partial charge in [0.2, 0.25) is 6.41 Å². The second kappa shape index (κ2) is 16.5. The molecule has 0 spiro atoms. The molecule has 0 saturated carbocycles. The van der Waals surface area contributed by atoms with E-state index in [2.05, 4.69) is 28.0 Å². The third-order valence-corrected chi connectivity index (χ3v) is 8.97. The summed E-state index contributed by atoms with van der Waals surface area (Å²) in [5, 5.41) is 0.723. The lowest BCUT2D eigenvalue weighted by molar-refractivity contribution is -0.139. The molecule has 5 rings (SSSR count). The van der Waals surface area contributed by atoms with Crippen LogP contribution in [0.25, 0.3) is 33.3 Å². The minimum absolute atomic E-state index is 0.112. The highest BCUT2D eigenvalue weighted by molar-refractivity contribution is 5.95. The number of hydrazine groups is 1. The van der Waals surface area contributed by atoms with Crippen LogP contribution in [-0.4, -0.2) is 48.4 Å². The van der Waals surface area contributed by atoms with Gasteiger partial charge in [-0.2, -0.15) is 13.2 Å². The number of halogens is 3. The van der Waals surface area contributed by atoms with Gasteiger partial charge >= 0.3 is 6.18 Å². The van der Waals surface area contributed by atoms with E-state index < -0.39 is 18.1 Å². The van der Waals surface area contributed by atoms with Gasteiger partial charge < -0.3 is 14.0 Å². The molecule has 3 heterocycles. The van der Waals surface area contributed by atoms with Crippen molar-refractivity contribution in [2.75, 3.05) is 19.8 Å². The van der Waals surface area contributed by atoms with Crippen LogP contribution in [0.1, 0.15) is 75.3 Å². The molecule has 11 heteroatoms. The first kappa shape index (κ1) is 36.1. The van der Waals surface area contributed by atoms with Gasteiger partial charge in [-0.3, -0.25) is 20.0 Å². The highest BCUT2D eigenvalue weighted by Crippen LogP contribution is 2.44. The van der Waals surface area contributed by atoms with Crippen LogP contribution in [0, 0.1) is 5.41 Å². The smallest absolute Gasteiger partial charge is 0.406 e. The van der Waals surface area contributed by atoms with Crippen molar-refractivity contribution in [1.29, 1.82) is 0 Å². The largest absolute Gasteiger partial charge is 0.467 e. The molecule has 2 N–H and O–H groups in total. The van der Waals surface area contributed by atoms with Gasteiger partial charge in [0.25, 0.3) is 6.47 Å². The molecule has 0 radical (unpaired) electrons. The Morgan fingerprint density at radius 1 is 1.02 bits per heavy atom. The van der Waals surface area contributed by atoms with Gasteiger partial charge in [0.05, 0.1) is 18.0 Å². The average molecular weight is 679 g/mol. The van der Waals surface area contributed by atoms with Crippen LogP contribution < -0.4 is 10.9 Å². The van der Waals surface area contributed by atoms with Crippen LogP contribution in [0.15, 0.2) is 60.8 Å². The Hall–Kier alpha value is -4.22. The van der Waals surface area contributed by atoms with Gasteiger partial charge in [-0.25, -0.2) is 5.43 Å². The van der Waals surface area contributed by atoms with E-state index >= 15 is 0 Å². The van der Waals surface area contributed by atoms with E-state index in [4.69, 9.17) is 9.47 Å². The molecule has 49 heavy (non-hydrogen) atoms. The quantitative estimate of drug-likeness (QED) is 0.0632. The Kier molecular flexibility index (Phi) is 12.1. The van der Waals surface area contributed by atoms with Crippen molar-refractivity contribution in [2.45, 2.75) is 84.0 Å². The molecule has 0 bridgehead atoms. The number of hydrogen-bond acceptors (Lipinski definition) is 6. The molecule has 2 aromatic carbocycles. The molecule has 1 aliphatic rings. The number of hydrogen-bond donors (Lipinski definition) is 2. The van der Waals surface area contributed by atoms with Crippen molar-refractivity contribution in [3.8, 4) is 22.4 Å². The number of unbranched alkanes of at least 4 members (excludes halogenated alkanes) is 3. The number of aryl methyl sites for hydroxylation is 1. The van der Waals surface area contributed by atoms with Crippen molar-refractivity contribution in [1.82, 2.24) is 20.4 Å². The van der Waals surface area contributed by atoms with E-state index in [9.17, 15) is 22.8 Å². The van der Waals surface area contributed by atoms with E-state index in [-0.39, 0.29) is 12.7 Å². The fourth-order valence-electron chi connectivity index (χ4n) is 6.81. The highest BCUT2D eigenvalue weighted by atomic mass is 19.4. The molecule has 1 amide bonds. The lowest BCUT2D eigenvalue weighted by atomic mass is 9.84. The summed E-state index contributed by atoms with van der Waals surface area (Å²) in [5.41, 5.74) is 10.8. The number of benzene rings is 2. The maximum Gasteiger partial charge on any atom is 0.406 e. The number of rotatable bonds is 18. The van der Waals surface area contributed by atoms with E-state index in [0.29, 0.717) is 48.4 Å². The molecule has 4 aromatic rings. The molecule has 1 saturated heterocycles. The standard InChI is InChI=1S/C38H45F3N4O4/c1-37(2,24-48-26-47)22-32-31-21-29(28-12-7-11-27(20-28)10-5-3-4-6-18-43-44-25-46)15-16-33(31)45(23-38(39,40)41)36(32)30-13-8-17-42-35(30)34-14-9-19-49-34/h7-8,11-13,15-17,20-21,25-26,34,43H,3-6,9-10,14,18-19,22-24H2,1-2H3,(H,44,46). The Balaban J connectivity index is 1.57. The van der Waals surface area contributed by atoms with Crippen molar-refractivity contribution >= 4 is 23.8 Å². The molecule has 1 atom stereocenters. The second-order valence-electron chi connectivity index (χ2n) is 13.5. The molecule has 1 unspecified atom stereocenters. The first-order chi connectivity index (χ1) is 23.6. The number of alkyl halides is 3. The summed E-state index contributed by atoms with van der Waals surface area (Å²) in [4.78, 5) is 26.1. The summed E-state index contributed by atoms with van der Waals surface area (Å²) in [6, 6.07) is 17.6. The number of ether oxygens (including phenoxy) is 2. The maximum absolute atomic E-state index is 14.4. The van der Waals surface area contributed by atoms with Crippen molar-refractivity contribution in [3.63, 3.8) is 0 Å². The minimum Gasteiger partial charge on any atom is -0.467 e. The van der Waals surface area contributed by atoms with Gasteiger partial charge in [0, 0.05) is 41.2 Å². The third-order valence-electron chi connectivity index (χ3n) is 8.97. The SMILES string of the molecule is CC(C)(COC=O)Cc1c(-c2cccnc2C2CCCO2)n(CC(F)(F)F)c2ccc(-c3cccc(CCCCCCNNC=O)c3)cc12. The van der Waals surface area contributed by atoms with E-state index in [0.717, 1.165) is 73.6 Å². The van der Waals surface area contributed by atoms with Crippen LogP contribution in [0.2, 0.25) is 0 Å². The summed E-state index contributed by atoms with van der Waals surface area (Å²) >= 11 is 0. The lowest BCUT2D eigenvalue weighted by Crippen LogP contribution is -2.30. The molecule has 1 fully saturated rings. The molecule has 1 aliphatic heterocycles. The number of carbonyl (C=O) groups is 2. The number of nitrogens with zero attached hydrogens (tertiary/aromatic N) is 2. The molecule has 262 valence electrons. The van der Waals surface area contributed by atoms with Crippen molar-refractivity contribution < 1.29 is 32.2 Å². The van der Waals surface area contributed by atoms with E-state index in [1.165, 1.54) is 10.1 Å². The van der Waals surface area contributed by atoms with Crippen molar-refractivity contribution in [3.05, 3.63) is 77.6 Å². The monoisotopic (exact) mass is 678 g/mol. The summed E-state index contributed by atoms with van der Waals surface area (Å²) in [5.74, 6) is 0. The van der Waals surface area contributed by atoms with Gasteiger partial charge in [-0.05, 0) is 85.0 Å². The predicted octanol–water partition coefficient (Wildman–Crippen LogP) is 7.88. The summed E-state index contributed by atoms with van der Waals surface area (Å²) in [6.45, 7) is 4.55. The lowest BCUT2D eigenvalue weighted by Gasteiger charge is -2.25. The number of pyridine rings is 1. The van der Waals surface area contributed by atoms with Crippen LogP contribution in [0.4, 0.5) is 13.2 Å².